The Kier molecular flexibility index (Phi) is 8.87. The molecule has 7 aromatic carbocycles. The number of aromatic nitrogens is 2. The van der Waals surface area contributed by atoms with Gasteiger partial charge < -0.3 is 5.32 Å². The number of benzene rings is 7. The van der Waals surface area contributed by atoms with Gasteiger partial charge in [0.05, 0.1) is 22.7 Å². The third-order valence-electron chi connectivity index (χ3n) is 10.1. The van der Waals surface area contributed by atoms with Crippen LogP contribution in [0.4, 0.5) is 0 Å². The highest BCUT2D eigenvalue weighted by Crippen LogP contribution is 2.37. The van der Waals surface area contributed by atoms with E-state index in [1.165, 1.54) is 0 Å². The summed E-state index contributed by atoms with van der Waals surface area (Å²) in [6, 6.07) is 62.4. The molecule has 2 heterocycles. The van der Waals surface area contributed by atoms with Gasteiger partial charge in [-0.15, -0.1) is 0 Å². The maximum Gasteiger partial charge on any atom is 0.169 e. The summed E-state index contributed by atoms with van der Waals surface area (Å²) in [4.78, 5) is 15.0. The van der Waals surface area contributed by atoms with Crippen LogP contribution >= 0.6 is 0 Å². The topological polar surface area (TPSA) is 78.4 Å². The van der Waals surface area contributed by atoms with Crippen molar-refractivity contribution in [3.63, 3.8) is 0 Å². The second-order valence-corrected chi connectivity index (χ2v) is 13.5. The predicted octanol–water partition coefficient (Wildman–Crippen LogP) is 11.0. The molecule has 6 nitrogen and oxygen atoms in total. The summed E-state index contributed by atoms with van der Waals surface area (Å²) in [5, 5.41) is 14.0. The molecule has 1 aliphatic rings. The van der Waals surface area contributed by atoms with Crippen LogP contribution in [0, 0.1) is 11.3 Å². The van der Waals surface area contributed by atoms with Crippen LogP contribution in [-0.4, -0.2) is 21.2 Å². The molecular weight excluding hydrogens is 673 g/mol. The Bertz CT molecular complexity index is 2730. The Hall–Kier alpha value is -7.36. The van der Waals surface area contributed by atoms with Crippen LogP contribution in [-0.2, 0) is 6.42 Å². The van der Waals surface area contributed by atoms with E-state index in [-0.39, 0.29) is 0 Å². The van der Waals surface area contributed by atoms with E-state index in [9.17, 15) is 5.26 Å². The van der Waals surface area contributed by atoms with Crippen molar-refractivity contribution in [2.45, 2.75) is 19.5 Å². The highest BCUT2D eigenvalue weighted by Gasteiger charge is 2.21. The molecular formula is C49H36N6. The number of imidazole rings is 1. The number of rotatable bonds is 8. The van der Waals surface area contributed by atoms with Crippen molar-refractivity contribution in [2.24, 2.45) is 9.98 Å². The SMILES string of the molecule is CCc1nc2ccccc2n1-c1cccc(-c2ccccc2-c2ccc(-c3cccc(C4N=C(c5ccccc5)NC(c5ccccc5)=N4)c3)cc2C#N)c1. The van der Waals surface area contributed by atoms with E-state index in [0.717, 1.165) is 90.7 Å². The average Bonchev–Trinajstić information content (AvgIpc) is 3.66. The van der Waals surface area contributed by atoms with Gasteiger partial charge >= 0.3 is 0 Å². The number of amidine groups is 2. The number of hydrogen-bond acceptors (Lipinski definition) is 5. The molecule has 0 atom stereocenters. The molecule has 55 heavy (non-hydrogen) atoms. The lowest BCUT2D eigenvalue weighted by atomic mass is 9.90. The standard InChI is InChI=1S/C49H36N6/c1-2-46-51-44-25-11-12-26-45(44)55(46)40-22-14-20-37(31-40)41-23-9-10-24-43(41)42-28-27-36(30-39(42)32-50)35-19-13-21-38(29-35)49-53-47(33-15-5-3-6-16-33)52-48(54-49)34-17-7-4-8-18-34/h3-31,49H,2H2,1H3,(H,52,53,54). The Morgan fingerprint density at radius 2 is 1.18 bits per heavy atom. The first kappa shape index (κ1) is 33.5. The van der Waals surface area contributed by atoms with Gasteiger partial charge in [0.1, 0.15) is 17.5 Å². The first-order valence-corrected chi connectivity index (χ1v) is 18.5. The molecule has 0 aliphatic carbocycles. The molecule has 1 aromatic heterocycles. The van der Waals surface area contributed by atoms with E-state index in [2.05, 4.69) is 138 Å². The number of aryl methyl sites for hydroxylation is 1. The lowest BCUT2D eigenvalue weighted by molar-refractivity contribution is 0.756. The molecule has 0 saturated carbocycles. The van der Waals surface area contributed by atoms with Crippen LogP contribution in [0.2, 0.25) is 0 Å². The third kappa shape index (κ3) is 6.49. The van der Waals surface area contributed by atoms with Crippen molar-refractivity contribution < 1.29 is 0 Å². The van der Waals surface area contributed by atoms with E-state index in [1.807, 2.05) is 60.7 Å². The monoisotopic (exact) mass is 708 g/mol. The number of nitrogens with zero attached hydrogens (tertiary/aromatic N) is 5. The molecule has 8 aromatic rings. The maximum atomic E-state index is 10.6. The number of nitrogens with one attached hydrogen (secondary N) is 1. The average molecular weight is 709 g/mol. The third-order valence-corrected chi connectivity index (χ3v) is 10.1. The van der Waals surface area contributed by atoms with Crippen molar-refractivity contribution in [2.75, 3.05) is 0 Å². The van der Waals surface area contributed by atoms with Gasteiger partial charge in [0.25, 0.3) is 0 Å². The van der Waals surface area contributed by atoms with Crippen molar-refractivity contribution in [3.05, 3.63) is 204 Å². The zero-order chi connectivity index (χ0) is 37.1. The van der Waals surface area contributed by atoms with Gasteiger partial charge in [-0.1, -0.05) is 146 Å². The molecule has 0 amide bonds. The number of nitriles is 1. The number of para-hydroxylation sites is 2. The Labute approximate surface area is 320 Å². The minimum atomic E-state index is -0.447. The van der Waals surface area contributed by atoms with Crippen LogP contribution in [0.5, 0.6) is 0 Å². The Morgan fingerprint density at radius 3 is 1.91 bits per heavy atom. The van der Waals surface area contributed by atoms with E-state index in [1.54, 1.807) is 0 Å². The summed E-state index contributed by atoms with van der Waals surface area (Å²) in [5.41, 5.74) is 12.7. The fraction of sp³-hybridized carbons (Fsp3) is 0.0612. The molecule has 0 bridgehead atoms. The first-order valence-electron chi connectivity index (χ1n) is 18.5. The number of fused-ring (bicyclic) bond motifs is 1. The smallest absolute Gasteiger partial charge is 0.169 e. The van der Waals surface area contributed by atoms with Gasteiger partial charge in [0.2, 0.25) is 0 Å². The Morgan fingerprint density at radius 1 is 0.564 bits per heavy atom. The van der Waals surface area contributed by atoms with Crippen LogP contribution < -0.4 is 5.32 Å². The van der Waals surface area contributed by atoms with Gasteiger partial charge in [-0.3, -0.25) is 4.57 Å². The van der Waals surface area contributed by atoms with E-state index in [4.69, 9.17) is 15.0 Å². The van der Waals surface area contributed by atoms with E-state index in [0.29, 0.717) is 5.56 Å². The summed E-state index contributed by atoms with van der Waals surface area (Å²) in [5.74, 6) is 2.56. The minimum absolute atomic E-state index is 0.447. The largest absolute Gasteiger partial charge is 0.324 e. The molecule has 0 fully saturated rings. The van der Waals surface area contributed by atoms with Crippen LogP contribution in [0.25, 0.3) is 50.1 Å². The molecule has 0 saturated heterocycles. The summed E-state index contributed by atoms with van der Waals surface area (Å²) >= 11 is 0. The highest BCUT2D eigenvalue weighted by atomic mass is 15.2. The van der Waals surface area contributed by atoms with E-state index < -0.39 is 6.17 Å². The molecule has 0 spiro atoms. The summed E-state index contributed by atoms with van der Waals surface area (Å²) in [6.07, 6.45) is 0.371. The summed E-state index contributed by atoms with van der Waals surface area (Å²) in [7, 11) is 0. The van der Waals surface area contributed by atoms with Crippen LogP contribution in [0.15, 0.2) is 186 Å². The van der Waals surface area contributed by atoms with Crippen molar-refractivity contribution in [1.82, 2.24) is 14.9 Å². The van der Waals surface area contributed by atoms with Gasteiger partial charge in [-0.05, 0) is 69.8 Å². The second kappa shape index (κ2) is 14.6. The molecule has 1 N–H and O–H groups in total. The minimum Gasteiger partial charge on any atom is -0.324 e. The van der Waals surface area contributed by atoms with Gasteiger partial charge in [0, 0.05) is 28.8 Å². The fourth-order valence-corrected chi connectivity index (χ4v) is 7.40. The predicted molar refractivity (Wildman–Crippen MR) is 223 cm³/mol. The summed E-state index contributed by atoms with van der Waals surface area (Å²) < 4.78 is 2.25. The summed E-state index contributed by atoms with van der Waals surface area (Å²) in [6.45, 7) is 2.14. The first-order chi connectivity index (χ1) is 27.2. The Balaban J connectivity index is 1.08. The second-order valence-electron chi connectivity index (χ2n) is 13.5. The normalized spacial score (nSPS) is 12.8. The van der Waals surface area contributed by atoms with Crippen LogP contribution in [0.3, 0.4) is 0 Å². The number of aliphatic imine (C=N–C) groups is 2. The van der Waals surface area contributed by atoms with Crippen molar-refractivity contribution in [3.8, 4) is 45.1 Å². The lowest BCUT2D eigenvalue weighted by Crippen LogP contribution is -2.35. The zero-order valence-electron chi connectivity index (χ0n) is 30.3. The molecule has 9 rings (SSSR count). The fourth-order valence-electron chi connectivity index (χ4n) is 7.40. The maximum absolute atomic E-state index is 10.6. The van der Waals surface area contributed by atoms with Gasteiger partial charge in [-0.2, -0.15) is 5.26 Å². The van der Waals surface area contributed by atoms with Gasteiger partial charge in [-0.25, -0.2) is 15.0 Å². The van der Waals surface area contributed by atoms with Crippen molar-refractivity contribution >= 4 is 22.7 Å². The molecule has 6 heteroatoms. The quantitative estimate of drug-likeness (QED) is 0.171. The van der Waals surface area contributed by atoms with Gasteiger partial charge in [0.15, 0.2) is 6.17 Å². The molecule has 0 radical (unpaired) electrons. The zero-order valence-corrected chi connectivity index (χ0v) is 30.3. The molecule has 1 aliphatic heterocycles. The highest BCUT2D eigenvalue weighted by molar-refractivity contribution is 6.15. The molecule has 0 unspecified atom stereocenters. The van der Waals surface area contributed by atoms with Crippen molar-refractivity contribution in [1.29, 1.82) is 5.26 Å². The van der Waals surface area contributed by atoms with Crippen LogP contribution in [0.1, 0.15) is 41.2 Å². The van der Waals surface area contributed by atoms with E-state index >= 15 is 0 Å². The number of hydrogen-bond donors (Lipinski definition) is 1. The lowest BCUT2D eigenvalue weighted by Gasteiger charge is -2.22. The molecule has 262 valence electrons.